The van der Waals surface area contributed by atoms with Gasteiger partial charge < -0.3 is 9.88 Å². The molecule has 1 atom stereocenters. The summed E-state index contributed by atoms with van der Waals surface area (Å²) in [5.41, 5.74) is 5.86. The molecule has 1 saturated heterocycles. The molecule has 1 aromatic heterocycles. The second-order valence-corrected chi connectivity index (χ2v) is 5.74. The van der Waals surface area contributed by atoms with Crippen molar-refractivity contribution in [3.05, 3.63) is 35.0 Å². The van der Waals surface area contributed by atoms with Gasteiger partial charge in [0.1, 0.15) is 0 Å². The lowest BCUT2D eigenvalue weighted by Gasteiger charge is -2.25. The van der Waals surface area contributed by atoms with E-state index in [4.69, 9.17) is 0 Å². The highest BCUT2D eigenvalue weighted by Gasteiger charge is 2.22. The SMILES string of the molecule is CCc1cccc2c(C)c(C3CCCCN3)n(C)c12. The Balaban J connectivity index is 2.19. The van der Waals surface area contributed by atoms with Crippen molar-refractivity contribution in [1.29, 1.82) is 0 Å². The molecule has 102 valence electrons. The minimum Gasteiger partial charge on any atom is -0.346 e. The Bertz CT molecular complexity index is 589. The Hall–Kier alpha value is -1.28. The fraction of sp³-hybridized carbons (Fsp3) is 0.529. The average molecular weight is 256 g/mol. The molecular formula is C17H24N2. The van der Waals surface area contributed by atoms with Crippen molar-refractivity contribution < 1.29 is 0 Å². The standard InChI is InChI=1S/C17H24N2/c1-4-13-8-7-9-14-12(2)16(19(3)17(13)14)15-10-5-6-11-18-15/h7-9,15,18H,4-6,10-11H2,1-3H3. The summed E-state index contributed by atoms with van der Waals surface area (Å²) >= 11 is 0. The fourth-order valence-electron chi connectivity index (χ4n) is 3.67. The smallest absolute Gasteiger partial charge is 0.0515 e. The maximum Gasteiger partial charge on any atom is 0.0515 e. The molecule has 1 aliphatic rings. The molecule has 0 spiro atoms. The van der Waals surface area contributed by atoms with Crippen molar-refractivity contribution in [1.82, 2.24) is 9.88 Å². The second kappa shape index (κ2) is 5.01. The van der Waals surface area contributed by atoms with E-state index in [1.54, 1.807) is 0 Å². The third kappa shape index (κ3) is 1.99. The zero-order chi connectivity index (χ0) is 13.4. The summed E-state index contributed by atoms with van der Waals surface area (Å²) in [6.07, 6.45) is 5.04. The molecule has 1 fully saturated rings. The van der Waals surface area contributed by atoms with Gasteiger partial charge in [-0.1, -0.05) is 31.5 Å². The van der Waals surface area contributed by atoms with Gasteiger partial charge in [0.25, 0.3) is 0 Å². The van der Waals surface area contributed by atoms with Gasteiger partial charge in [-0.25, -0.2) is 0 Å². The Kier molecular flexibility index (Phi) is 3.36. The van der Waals surface area contributed by atoms with Crippen molar-refractivity contribution in [2.75, 3.05) is 6.54 Å². The molecule has 19 heavy (non-hydrogen) atoms. The maximum absolute atomic E-state index is 3.69. The number of aromatic nitrogens is 1. The highest BCUT2D eigenvalue weighted by Crippen LogP contribution is 2.34. The fourth-order valence-corrected chi connectivity index (χ4v) is 3.67. The van der Waals surface area contributed by atoms with Gasteiger partial charge in [0, 0.05) is 24.2 Å². The van der Waals surface area contributed by atoms with Crippen LogP contribution in [0.15, 0.2) is 18.2 Å². The van der Waals surface area contributed by atoms with Crippen LogP contribution < -0.4 is 5.32 Å². The van der Waals surface area contributed by atoms with E-state index in [0.717, 1.165) is 13.0 Å². The van der Waals surface area contributed by atoms with Gasteiger partial charge in [-0.3, -0.25) is 0 Å². The molecule has 2 aromatic rings. The number of hydrogen-bond acceptors (Lipinski definition) is 1. The van der Waals surface area contributed by atoms with Gasteiger partial charge in [0.05, 0.1) is 5.52 Å². The van der Waals surface area contributed by atoms with Crippen LogP contribution in [0.5, 0.6) is 0 Å². The molecule has 1 unspecified atom stereocenters. The number of aryl methyl sites for hydroxylation is 3. The monoisotopic (exact) mass is 256 g/mol. The molecule has 2 heteroatoms. The molecule has 0 bridgehead atoms. The maximum atomic E-state index is 3.69. The summed E-state index contributed by atoms with van der Waals surface area (Å²) in [4.78, 5) is 0. The largest absolute Gasteiger partial charge is 0.346 e. The minimum absolute atomic E-state index is 0.538. The lowest BCUT2D eigenvalue weighted by Crippen LogP contribution is -2.28. The minimum atomic E-state index is 0.538. The summed E-state index contributed by atoms with van der Waals surface area (Å²) in [6, 6.07) is 7.28. The summed E-state index contributed by atoms with van der Waals surface area (Å²) in [6.45, 7) is 5.69. The van der Waals surface area contributed by atoms with E-state index in [0.29, 0.717) is 6.04 Å². The molecule has 1 aliphatic heterocycles. The highest BCUT2D eigenvalue weighted by atomic mass is 15.0. The molecule has 0 aliphatic carbocycles. The third-order valence-electron chi connectivity index (χ3n) is 4.63. The molecular weight excluding hydrogens is 232 g/mol. The van der Waals surface area contributed by atoms with Crippen LogP contribution in [0.3, 0.4) is 0 Å². The van der Waals surface area contributed by atoms with Gasteiger partial charge in [-0.05, 0) is 43.9 Å². The topological polar surface area (TPSA) is 17.0 Å². The molecule has 1 N–H and O–H groups in total. The first kappa shape index (κ1) is 12.7. The predicted octanol–water partition coefficient (Wildman–Crippen LogP) is 3.86. The molecule has 3 rings (SSSR count). The molecule has 0 radical (unpaired) electrons. The van der Waals surface area contributed by atoms with E-state index in [1.807, 2.05) is 0 Å². The lowest BCUT2D eigenvalue weighted by atomic mass is 9.99. The number of benzene rings is 1. The van der Waals surface area contributed by atoms with Crippen molar-refractivity contribution >= 4 is 10.9 Å². The van der Waals surface area contributed by atoms with Crippen LogP contribution in [0, 0.1) is 6.92 Å². The first-order valence-corrected chi connectivity index (χ1v) is 7.54. The van der Waals surface area contributed by atoms with E-state index >= 15 is 0 Å². The van der Waals surface area contributed by atoms with Crippen LogP contribution in [0.1, 0.15) is 49.0 Å². The number of piperidine rings is 1. The van der Waals surface area contributed by atoms with Crippen LogP contribution in [-0.2, 0) is 13.5 Å². The van der Waals surface area contributed by atoms with Crippen molar-refractivity contribution in [2.24, 2.45) is 7.05 Å². The normalized spacial score (nSPS) is 20.1. The average Bonchev–Trinajstić information content (AvgIpc) is 2.72. The first-order chi connectivity index (χ1) is 9.24. The highest BCUT2D eigenvalue weighted by molar-refractivity contribution is 5.88. The van der Waals surface area contributed by atoms with Crippen molar-refractivity contribution in [3.63, 3.8) is 0 Å². The number of para-hydroxylation sites is 1. The van der Waals surface area contributed by atoms with E-state index in [2.05, 4.69) is 49.0 Å². The Morgan fingerprint density at radius 2 is 2.16 bits per heavy atom. The van der Waals surface area contributed by atoms with Gasteiger partial charge in [0.15, 0.2) is 0 Å². The number of rotatable bonds is 2. The number of nitrogens with zero attached hydrogens (tertiary/aromatic N) is 1. The van der Waals surface area contributed by atoms with E-state index < -0.39 is 0 Å². The van der Waals surface area contributed by atoms with E-state index in [9.17, 15) is 0 Å². The van der Waals surface area contributed by atoms with E-state index in [-0.39, 0.29) is 0 Å². The van der Waals surface area contributed by atoms with Crippen LogP contribution in [0.4, 0.5) is 0 Å². The van der Waals surface area contributed by atoms with Gasteiger partial charge in [0.2, 0.25) is 0 Å². The Morgan fingerprint density at radius 3 is 2.84 bits per heavy atom. The van der Waals surface area contributed by atoms with Crippen LogP contribution in [0.2, 0.25) is 0 Å². The van der Waals surface area contributed by atoms with Crippen LogP contribution in [-0.4, -0.2) is 11.1 Å². The molecule has 2 nitrogen and oxygen atoms in total. The van der Waals surface area contributed by atoms with E-state index in [1.165, 1.54) is 47.0 Å². The van der Waals surface area contributed by atoms with Crippen LogP contribution in [0.25, 0.3) is 10.9 Å². The molecule has 0 saturated carbocycles. The van der Waals surface area contributed by atoms with Gasteiger partial charge in [-0.2, -0.15) is 0 Å². The summed E-state index contributed by atoms with van der Waals surface area (Å²) in [7, 11) is 2.24. The molecule has 0 amide bonds. The first-order valence-electron chi connectivity index (χ1n) is 7.54. The van der Waals surface area contributed by atoms with Crippen molar-refractivity contribution in [3.8, 4) is 0 Å². The zero-order valence-electron chi connectivity index (χ0n) is 12.3. The summed E-state index contributed by atoms with van der Waals surface area (Å²) in [5.74, 6) is 0. The lowest BCUT2D eigenvalue weighted by molar-refractivity contribution is 0.398. The Morgan fingerprint density at radius 1 is 1.32 bits per heavy atom. The second-order valence-electron chi connectivity index (χ2n) is 5.74. The molecule has 2 heterocycles. The van der Waals surface area contributed by atoms with Gasteiger partial charge in [-0.15, -0.1) is 0 Å². The molecule has 1 aromatic carbocycles. The summed E-state index contributed by atoms with van der Waals surface area (Å²) < 4.78 is 2.44. The number of nitrogens with one attached hydrogen (secondary N) is 1. The van der Waals surface area contributed by atoms with Crippen molar-refractivity contribution in [2.45, 2.75) is 45.6 Å². The third-order valence-corrected chi connectivity index (χ3v) is 4.63. The predicted molar refractivity (Wildman–Crippen MR) is 81.6 cm³/mol. The number of hydrogen-bond donors (Lipinski definition) is 1. The van der Waals surface area contributed by atoms with Crippen LogP contribution >= 0.6 is 0 Å². The number of fused-ring (bicyclic) bond motifs is 1. The van der Waals surface area contributed by atoms with Gasteiger partial charge >= 0.3 is 0 Å². The quantitative estimate of drug-likeness (QED) is 0.863. The summed E-state index contributed by atoms with van der Waals surface area (Å²) in [5, 5.41) is 5.13. The zero-order valence-corrected chi connectivity index (χ0v) is 12.3. The Labute approximate surface area is 115 Å².